The summed E-state index contributed by atoms with van der Waals surface area (Å²) in [6.07, 6.45) is -0.674. The van der Waals surface area contributed by atoms with E-state index in [1.165, 1.54) is 25.1 Å². The van der Waals surface area contributed by atoms with Gasteiger partial charge in [-0.3, -0.25) is 9.59 Å². The van der Waals surface area contributed by atoms with Gasteiger partial charge in [0.15, 0.2) is 22.4 Å². The van der Waals surface area contributed by atoms with Gasteiger partial charge >= 0.3 is 5.97 Å². The van der Waals surface area contributed by atoms with Crippen molar-refractivity contribution in [2.45, 2.75) is 18.9 Å². The lowest BCUT2D eigenvalue weighted by atomic mass is 9.97. The molecule has 0 bridgehead atoms. The van der Waals surface area contributed by atoms with E-state index in [-0.39, 0.29) is 26.3 Å². The first-order chi connectivity index (χ1) is 13.6. The van der Waals surface area contributed by atoms with Crippen LogP contribution in [-0.2, 0) is 9.59 Å². The fourth-order valence-corrected chi connectivity index (χ4v) is 4.19. The number of aliphatic carboxylic acids is 1. The average molecular weight is 443 g/mol. The van der Waals surface area contributed by atoms with E-state index in [0.717, 1.165) is 4.90 Å². The molecule has 1 aliphatic heterocycles. The molecule has 0 saturated carbocycles. The van der Waals surface area contributed by atoms with E-state index in [0.29, 0.717) is 17.4 Å². The Bertz CT molecular complexity index is 1200. The maximum absolute atomic E-state index is 14.1. The van der Waals surface area contributed by atoms with Crippen LogP contribution in [0.15, 0.2) is 24.3 Å². The van der Waals surface area contributed by atoms with Gasteiger partial charge in [-0.25, -0.2) is 23.1 Å². The van der Waals surface area contributed by atoms with Gasteiger partial charge in [0, 0.05) is 11.1 Å². The molecular weight excluding hydrogens is 433 g/mol. The summed E-state index contributed by atoms with van der Waals surface area (Å²) in [6, 6.07) is 4.67. The van der Waals surface area contributed by atoms with Crippen molar-refractivity contribution < 1.29 is 32.6 Å². The maximum Gasteiger partial charge on any atom is 0.307 e. The van der Waals surface area contributed by atoms with Crippen LogP contribution in [0.3, 0.4) is 0 Å². The summed E-state index contributed by atoms with van der Waals surface area (Å²) >= 11 is 6.62. The third-order valence-corrected chi connectivity index (χ3v) is 5.62. The van der Waals surface area contributed by atoms with Crippen molar-refractivity contribution in [1.29, 1.82) is 0 Å². The molecule has 1 unspecified atom stereocenters. The molecule has 11 heteroatoms. The van der Waals surface area contributed by atoms with Gasteiger partial charge in [0.2, 0.25) is 0 Å². The topological polar surface area (TPSA) is 79.7 Å². The second-order valence-electron chi connectivity index (χ2n) is 6.48. The number of carbonyl (C=O) groups is 2. The average Bonchev–Trinajstić information content (AvgIpc) is 3.06. The van der Waals surface area contributed by atoms with Gasteiger partial charge in [0.05, 0.1) is 16.8 Å². The molecule has 1 N–H and O–H groups in total. The predicted octanol–water partition coefficient (Wildman–Crippen LogP) is 4.66. The summed E-state index contributed by atoms with van der Waals surface area (Å²) in [5.74, 6) is -5.80. The minimum Gasteiger partial charge on any atom is -0.481 e. The summed E-state index contributed by atoms with van der Waals surface area (Å²) in [5, 5.41) is 9.24. The van der Waals surface area contributed by atoms with E-state index in [4.69, 9.17) is 16.3 Å². The first kappa shape index (κ1) is 19.5. The van der Waals surface area contributed by atoms with Gasteiger partial charge in [-0.2, -0.15) is 0 Å². The number of anilines is 2. The first-order valence-electron chi connectivity index (χ1n) is 8.09. The highest BCUT2D eigenvalue weighted by molar-refractivity contribution is 7.22. The number of benzene rings is 2. The smallest absolute Gasteiger partial charge is 0.307 e. The number of halogens is 4. The SMILES string of the molecule is CC1(CC(=O)O)Oc2ccc(Cl)cc2N(c2nc3c(F)c(F)cc(F)c3s2)C1=O. The molecule has 3 aromatic rings. The monoisotopic (exact) mass is 442 g/mol. The summed E-state index contributed by atoms with van der Waals surface area (Å²) < 4.78 is 47.1. The quantitative estimate of drug-likeness (QED) is 0.597. The van der Waals surface area contributed by atoms with E-state index in [1.807, 2.05) is 0 Å². The molecule has 0 spiro atoms. The number of hydrogen-bond acceptors (Lipinski definition) is 5. The molecule has 0 radical (unpaired) electrons. The Kier molecular flexibility index (Phi) is 4.43. The molecule has 1 aliphatic rings. The van der Waals surface area contributed by atoms with E-state index in [9.17, 15) is 27.9 Å². The highest BCUT2D eigenvalue weighted by atomic mass is 35.5. The molecule has 1 aromatic heterocycles. The zero-order chi connectivity index (χ0) is 21.1. The van der Waals surface area contributed by atoms with E-state index < -0.39 is 46.9 Å². The Labute approximate surface area is 170 Å². The summed E-state index contributed by atoms with van der Waals surface area (Å²) in [6.45, 7) is 1.28. The molecule has 29 heavy (non-hydrogen) atoms. The second kappa shape index (κ2) is 6.60. The zero-order valence-electron chi connectivity index (χ0n) is 14.5. The minimum atomic E-state index is -1.81. The number of rotatable bonds is 3. The Morgan fingerprint density at radius 1 is 1.31 bits per heavy atom. The van der Waals surface area contributed by atoms with Gasteiger partial charge in [0.25, 0.3) is 5.91 Å². The van der Waals surface area contributed by atoms with Crippen LogP contribution in [0.25, 0.3) is 10.2 Å². The normalized spacial score (nSPS) is 18.7. The lowest BCUT2D eigenvalue weighted by Crippen LogP contribution is -2.53. The van der Waals surface area contributed by atoms with Gasteiger partial charge in [-0.05, 0) is 25.1 Å². The fraction of sp³-hybridized carbons (Fsp3) is 0.167. The molecule has 1 atom stereocenters. The number of carboxylic acids is 1. The van der Waals surface area contributed by atoms with Crippen molar-refractivity contribution in [2.24, 2.45) is 0 Å². The number of ether oxygens (including phenoxy) is 1. The van der Waals surface area contributed by atoms with Crippen LogP contribution in [0, 0.1) is 17.5 Å². The highest BCUT2D eigenvalue weighted by Gasteiger charge is 2.48. The number of aromatic nitrogens is 1. The van der Waals surface area contributed by atoms with E-state index in [2.05, 4.69) is 4.98 Å². The third-order valence-electron chi connectivity index (χ3n) is 4.34. The van der Waals surface area contributed by atoms with Crippen LogP contribution in [0.4, 0.5) is 24.0 Å². The van der Waals surface area contributed by atoms with Crippen molar-refractivity contribution in [3.8, 4) is 5.75 Å². The number of carbonyl (C=O) groups excluding carboxylic acids is 1. The number of hydrogen-bond donors (Lipinski definition) is 1. The number of thiazole rings is 1. The largest absolute Gasteiger partial charge is 0.481 e. The summed E-state index contributed by atoms with van der Waals surface area (Å²) in [5.41, 5.74) is -2.27. The molecule has 0 fully saturated rings. The standard InChI is InChI=1S/C18H10ClF3N2O4S/c1-18(6-12(25)26)16(27)24(10-4-7(19)2-3-11(10)28-18)17-23-14-13(22)8(20)5-9(21)15(14)29-17/h2-5H,6H2,1H3,(H,25,26). The Morgan fingerprint density at radius 3 is 2.72 bits per heavy atom. The molecule has 150 valence electrons. The molecule has 6 nitrogen and oxygen atoms in total. The molecule has 1 amide bonds. The van der Waals surface area contributed by atoms with Gasteiger partial charge < -0.3 is 9.84 Å². The van der Waals surface area contributed by atoms with Crippen molar-refractivity contribution in [2.75, 3.05) is 4.90 Å². The van der Waals surface area contributed by atoms with Crippen LogP contribution < -0.4 is 9.64 Å². The van der Waals surface area contributed by atoms with Crippen molar-refractivity contribution in [1.82, 2.24) is 4.98 Å². The van der Waals surface area contributed by atoms with Crippen LogP contribution in [-0.4, -0.2) is 27.6 Å². The van der Waals surface area contributed by atoms with Crippen LogP contribution >= 0.6 is 22.9 Å². The minimum absolute atomic E-state index is 0.116. The van der Waals surface area contributed by atoms with Crippen LogP contribution in [0.5, 0.6) is 5.75 Å². The lowest BCUT2D eigenvalue weighted by molar-refractivity contribution is -0.148. The maximum atomic E-state index is 14.1. The molecule has 2 heterocycles. The van der Waals surface area contributed by atoms with Crippen molar-refractivity contribution in [3.05, 3.63) is 46.7 Å². The fourth-order valence-electron chi connectivity index (χ4n) is 3.04. The molecule has 2 aromatic carbocycles. The lowest BCUT2D eigenvalue weighted by Gasteiger charge is -2.38. The predicted molar refractivity (Wildman–Crippen MR) is 99.4 cm³/mol. The van der Waals surface area contributed by atoms with Gasteiger partial charge in [0.1, 0.15) is 17.1 Å². The highest BCUT2D eigenvalue weighted by Crippen LogP contribution is 2.46. The number of nitrogens with zero attached hydrogens (tertiary/aromatic N) is 2. The number of carboxylic acid groups (broad SMARTS) is 1. The molecule has 0 aliphatic carbocycles. The number of fused-ring (bicyclic) bond motifs is 2. The molecule has 4 rings (SSSR count). The second-order valence-corrected chi connectivity index (χ2v) is 7.90. The van der Waals surface area contributed by atoms with Crippen LogP contribution in [0.1, 0.15) is 13.3 Å². The number of amides is 1. The Morgan fingerprint density at radius 2 is 2.03 bits per heavy atom. The van der Waals surface area contributed by atoms with Gasteiger partial charge in [-0.1, -0.05) is 22.9 Å². The Hall–Kier alpha value is -2.85. The van der Waals surface area contributed by atoms with Crippen molar-refractivity contribution in [3.63, 3.8) is 0 Å². The third kappa shape index (κ3) is 3.08. The van der Waals surface area contributed by atoms with E-state index in [1.54, 1.807) is 0 Å². The Balaban J connectivity index is 1.96. The van der Waals surface area contributed by atoms with Crippen molar-refractivity contribution >= 4 is 55.8 Å². The summed E-state index contributed by atoms with van der Waals surface area (Å²) in [7, 11) is 0. The first-order valence-corrected chi connectivity index (χ1v) is 9.29. The van der Waals surface area contributed by atoms with Gasteiger partial charge in [-0.15, -0.1) is 0 Å². The molecular formula is C18H10ClF3N2O4S. The molecule has 0 saturated heterocycles. The van der Waals surface area contributed by atoms with E-state index >= 15 is 0 Å². The summed E-state index contributed by atoms with van der Waals surface area (Å²) in [4.78, 5) is 29.3. The van der Waals surface area contributed by atoms with Crippen LogP contribution in [0.2, 0.25) is 5.02 Å². The zero-order valence-corrected chi connectivity index (χ0v) is 16.1.